The molecule has 0 amide bonds. The van der Waals surface area contributed by atoms with Gasteiger partial charge in [-0.15, -0.1) is 0 Å². The summed E-state index contributed by atoms with van der Waals surface area (Å²) in [6.45, 7) is 27.5. The van der Waals surface area contributed by atoms with Gasteiger partial charge in [0, 0.05) is 76.1 Å². The highest BCUT2D eigenvalue weighted by atomic mass is 32.2. The minimum atomic E-state index is -0.245. The van der Waals surface area contributed by atoms with Crippen LogP contribution in [0.3, 0.4) is 0 Å². The first-order valence-corrected chi connectivity index (χ1v) is 32.1. The van der Waals surface area contributed by atoms with Crippen molar-refractivity contribution in [3.63, 3.8) is 0 Å². The zero-order valence-electron chi connectivity index (χ0n) is 51.7. The van der Waals surface area contributed by atoms with E-state index in [1.54, 1.807) is 0 Å². The zero-order valence-corrected chi connectivity index (χ0v) is 53.3. The van der Waals surface area contributed by atoms with Gasteiger partial charge in [0.15, 0.2) is 0 Å². The van der Waals surface area contributed by atoms with Gasteiger partial charge in [-0.3, -0.25) is 0 Å². The van der Waals surface area contributed by atoms with Crippen LogP contribution in [0.25, 0.3) is 44.2 Å². The van der Waals surface area contributed by atoms with E-state index in [1.807, 2.05) is 23.5 Å². The third-order valence-electron chi connectivity index (χ3n) is 17.9. The lowest BCUT2D eigenvalue weighted by Gasteiger charge is -2.47. The fraction of sp³-hybridized carbons (Fsp3) is 0.200. The number of anilines is 8. The van der Waals surface area contributed by atoms with Crippen molar-refractivity contribution in [3.05, 3.63) is 253 Å². The van der Waals surface area contributed by atoms with Gasteiger partial charge in [-0.1, -0.05) is 240 Å². The molecule has 0 unspecified atom stereocenters. The summed E-state index contributed by atoms with van der Waals surface area (Å²) < 4.78 is 0. The summed E-state index contributed by atoms with van der Waals surface area (Å²) in [5.41, 5.74) is 24.1. The quantitative estimate of drug-likeness (QED) is 0.147. The monoisotopic (exact) mass is 1150 g/mol. The van der Waals surface area contributed by atoms with Crippen molar-refractivity contribution in [2.75, 3.05) is 14.6 Å². The number of fused-ring (bicyclic) bond motifs is 8. The average molecular weight is 1150 g/mol. The molecule has 0 bridgehead atoms. The van der Waals surface area contributed by atoms with Gasteiger partial charge >= 0.3 is 6.85 Å². The van der Waals surface area contributed by atoms with Crippen LogP contribution in [0.15, 0.2) is 250 Å². The van der Waals surface area contributed by atoms with Gasteiger partial charge in [-0.2, -0.15) is 0 Å². The van der Waals surface area contributed by atoms with E-state index in [1.165, 1.54) is 120 Å². The van der Waals surface area contributed by atoms with E-state index in [0.29, 0.717) is 0 Å². The van der Waals surface area contributed by atoms with E-state index in [0.717, 1.165) is 22.7 Å². The van der Waals surface area contributed by atoms with E-state index >= 15 is 0 Å². The first-order valence-electron chi connectivity index (χ1n) is 30.5. The van der Waals surface area contributed by atoms with Crippen LogP contribution in [0.5, 0.6) is 0 Å². The minimum Gasteiger partial charge on any atom is -0.376 e. The van der Waals surface area contributed by atoms with Crippen LogP contribution in [-0.4, -0.2) is 6.85 Å². The van der Waals surface area contributed by atoms with Gasteiger partial charge in [0.1, 0.15) is 0 Å². The molecule has 0 atom stereocenters. The highest BCUT2D eigenvalue weighted by Gasteiger charge is 2.48. The third kappa shape index (κ3) is 9.74. The van der Waals surface area contributed by atoms with Gasteiger partial charge in [0.2, 0.25) is 0 Å². The SMILES string of the molecule is CC(C)(C)c1ccc(N(c2ccc(C(C)(C)C)cc2)c2ccc3c(c2)-c2c4c(cc5ccccc25)N(c2ccc(C(C)(C)C)cc2-c2ccccc2)c2cc5c(cc2B4N3c2ccc(C(C)(C)C)cc2-c2ccccc2)Sc2ccccc2S5)cc1. The molecule has 0 aliphatic carbocycles. The zero-order chi connectivity index (χ0) is 59.6. The van der Waals surface area contributed by atoms with Crippen molar-refractivity contribution < 1.29 is 0 Å². The van der Waals surface area contributed by atoms with Crippen LogP contribution in [0.2, 0.25) is 0 Å². The summed E-state index contributed by atoms with van der Waals surface area (Å²) >= 11 is 3.80. The normalized spacial score (nSPS) is 13.7. The van der Waals surface area contributed by atoms with Crippen molar-refractivity contribution in [1.82, 2.24) is 0 Å². The Morgan fingerprint density at radius 1 is 0.337 bits per heavy atom. The van der Waals surface area contributed by atoms with Crippen LogP contribution in [0.1, 0.15) is 105 Å². The molecule has 11 aromatic rings. The summed E-state index contributed by atoms with van der Waals surface area (Å²) in [4.78, 5) is 13.0. The predicted molar refractivity (Wildman–Crippen MR) is 373 cm³/mol. The van der Waals surface area contributed by atoms with Crippen LogP contribution < -0.4 is 25.5 Å². The van der Waals surface area contributed by atoms with Crippen molar-refractivity contribution in [3.8, 4) is 33.4 Å². The lowest BCUT2D eigenvalue weighted by molar-refractivity contribution is 0.590. The van der Waals surface area contributed by atoms with E-state index < -0.39 is 0 Å². The molecule has 14 rings (SSSR count). The molecule has 3 heterocycles. The second-order valence-electron chi connectivity index (χ2n) is 27.8. The molecule has 11 aromatic carbocycles. The van der Waals surface area contributed by atoms with Crippen LogP contribution in [0.4, 0.5) is 45.5 Å². The Hall–Kier alpha value is -8.16. The first-order chi connectivity index (χ1) is 41.2. The maximum Gasteiger partial charge on any atom is 0.333 e. The fourth-order valence-corrected chi connectivity index (χ4v) is 15.4. The van der Waals surface area contributed by atoms with Crippen molar-refractivity contribution in [2.45, 2.75) is 124 Å². The topological polar surface area (TPSA) is 9.72 Å². The summed E-state index contributed by atoms with van der Waals surface area (Å²) in [6, 6.07) is 88.4. The summed E-state index contributed by atoms with van der Waals surface area (Å²) in [5.74, 6) is 0. The highest BCUT2D eigenvalue weighted by Crippen LogP contribution is 2.56. The third-order valence-corrected chi connectivity index (χ3v) is 20.4. The molecular formula is C80H74BN3S2. The summed E-state index contributed by atoms with van der Waals surface area (Å²) in [6.07, 6.45) is 0. The number of nitrogens with zero attached hydrogens (tertiary/aromatic N) is 3. The highest BCUT2D eigenvalue weighted by molar-refractivity contribution is 8.05. The maximum absolute atomic E-state index is 2.74. The molecule has 3 aliphatic rings. The minimum absolute atomic E-state index is 0.00495. The van der Waals surface area contributed by atoms with Crippen molar-refractivity contribution >= 4 is 97.6 Å². The number of hydrogen-bond donors (Lipinski definition) is 0. The van der Waals surface area contributed by atoms with Crippen LogP contribution in [0, 0.1) is 0 Å². The molecule has 3 nitrogen and oxygen atoms in total. The van der Waals surface area contributed by atoms with Gasteiger partial charge in [0.25, 0.3) is 0 Å². The Morgan fingerprint density at radius 3 is 1.33 bits per heavy atom. The Kier molecular flexibility index (Phi) is 13.5. The molecule has 0 saturated heterocycles. The lowest BCUT2D eigenvalue weighted by atomic mass is 9.43. The Balaban J connectivity index is 1.12. The standard InChI is InChI=1S/C80H74BN3S2/c1-77(2,3)54-31-37-58(38-32-54)82(59-39-33-55(34-40-59)78(4,5)6)60-41-44-68-64(48-60)75-61-28-20-19-27-53(61)45-70-76(75)81(84(68)67-43-36-57(80(10,11)12)47-63(67)52-25-17-14-18-26-52)65-49-73-74(86-72-30-22-21-29-71(72)85-73)50-69(65)83(70)66-42-35-56(79(7,8)9)46-62(66)51-23-15-13-16-24-51/h13-50H,1-12H3. The first kappa shape index (κ1) is 55.7. The average Bonchev–Trinajstić information content (AvgIpc) is 0.689. The molecule has 0 aromatic heterocycles. The smallest absolute Gasteiger partial charge is 0.333 e. The second-order valence-corrected chi connectivity index (χ2v) is 30.0. The number of rotatable bonds is 7. The van der Waals surface area contributed by atoms with E-state index in [9.17, 15) is 0 Å². The maximum atomic E-state index is 2.74. The van der Waals surface area contributed by atoms with E-state index in [2.05, 4.69) is 328 Å². The van der Waals surface area contributed by atoms with Gasteiger partial charge in [0.05, 0.1) is 5.69 Å². The molecule has 0 radical (unpaired) electrons. The van der Waals surface area contributed by atoms with E-state index in [4.69, 9.17) is 0 Å². The van der Waals surface area contributed by atoms with Crippen LogP contribution in [-0.2, 0) is 21.7 Å². The molecule has 0 N–H and O–H groups in total. The Morgan fingerprint density at radius 2 is 0.779 bits per heavy atom. The van der Waals surface area contributed by atoms with E-state index in [-0.39, 0.29) is 28.5 Å². The molecule has 3 aliphatic heterocycles. The van der Waals surface area contributed by atoms with Gasteiger partial charge in [-0.05, 0) is 179 Å². The Bertz CT molecular complexity index is 4390. The predicted octanol–water partition coefficient (Wildman–Crippen LogP) is 22.2. The van der Waals surface area contributed by atoms with Gasteiger partial charge < -0.3 is 14.6 Å². The van der Waals surface area contributed by atoms with Gasteiger partial charge in [-0.25, -0.2) is 0 Å². The largest absolute Gasteiger partial charge is 0.376 e. The molecule has 0 fully saturated rings. The number of hydrogen-bond acceptors (Lipinski definition) is 5. The van der Waals surface area contributed by atoms with Crippen molar-refractivity contribution in [1.29, 1.82) is 0 Å². The Labute approximate surface area is 519 Å². The van der Waals surface area contributed by atoms with Crippen LogP contribution >= 0.6 is 23.5 Å². The molecule has 0 saturated carbocycles. The molecule has 86 heavy (non-hydrogen) atoms. The lowest BCUT2D eigenvalue weighted by Crippen LogP contribution is -2.61. The van der Waals surface area contributed by atoms with Crippen molar-refractivity contribution in [2.24, 2.45) is 0 Å². The number of benzene rings is 11. The molecule has 424 valence electrons. The molecular weight excluding hydrogens is 1080 g/mol. The molecule has 0 spiro atoms. The summed E-state index contributed by atoms with van der Waals surface area (Å²) in [5, 5.41) is 2.44. The fourth-order valence-electron chi connectivity index (χ4n) is 13.2. The summed E-state index contributed by atoms with van der Waals surface area (Å²) in [7, 11) is 0. The molecule has 6 heteroatoms. The second kappa shape index (κ2) is 20.8.